The van der Waals surface area contributed by atoms with Crippen LogP contribution < -0.4 is 20.3 Å². The summed E-state index contributed by atoms with van der Waals surface area (Å²) in [5.74, 6) is -0.428. The van der Waals surface area contributed by atoms with Gasteiger partial charge in [0.2, 0.25) is 10.0 Å². The molecule has 4 N–H and O–H groups in total. The maximum absolute atomic E-state index is 13.0. The summed E-state index contributed by atoms with van der Waals surface area (Å²) >= 11 is 12.0. The highest BCUT2D eigenvalue weighted by molar-refractivity contribution is 7.89. The van der Waals surface area contributed by atoms with Gasteiger partial charge in [0, 0.05) is 62.7 Å². The van der Waals surface area contributed by atoms with E-state index in [1.807, 2.05) is 0 Å². The molecular formula is C28H32Cl2N4O8S. The number of pyridine rings is 1. The van der Waals surface area contributed by atoms with Crippen molar-refractivity contribution in [3.8, 4) is 5.75 Å². The van der Waals surface area contributed by atoms with Crippen LogP contribution in [0.4, 0.5) is 0 Å². The molecule has 1 fully saturated rings. The van der Waals surface area contributed by atoms with Gasteiger partial charge in [-0.05, 0) is 37.1 Å². The lowest BCUT2D eigenvalue weighted by Crippen LogP contribution is -2.45. The zero-order valence-electron chi connectivity index (χ0n) is 23.3. The van der Waals surface area contributed by atoms with E-state index in [4.69, 9.17) is 32.7 Å². The molecule has 1 aromatic heterocycles. The number of hydrogen-bond acceptors (Lipinski definition) is 9. The number of halogens is 2. The zero-order chi connectivity index (χ0) is 31.1. The van der Waals surface area contributed by atoms with Crippen LogP contribution in [-0.2, 0) is 19.6 Å². The van der Waals surface area contributed by atoms with E-state index in [0.29, 0.717) is 35.4 Å². The minimum atomic E-state index is -4.01. The number of amides is 1. The van der Waals surface area contributed by atoms with Crippen LogP contribution in [0, 0.1) is 0 Å². The molecule has 3 aromatic rings. The van der Waals surface area contributed by atoms with Crippen LogP contribution in [0.2, 0.25) is 10.0 Å². The lowest BCUT2D eigenvalue weighted by molar-refractivity contribution is -0.140. The maximum Gasteiger partial charge on any atom is 0.302 e. The van der Waals surface area contributed by atoms with Crippen LogP contribution in [0.25, 0.3) is 10.8 Å². The number of benzene rings is 2. The van der Waals surface area contributed by atoms with Gasteiger partial charge in [-0.1, -0.05) is 29.3 Å². The number of aromatic amines is 1. The van der Waals surface area contributed by atoms with Gasteiger partial charge in [-0.15, -0.1) is 0 Å². The number of fused-ring (bicyclic) bond motifs is 1. The Morgan fingerprint density at radius 1 is 1.12 bits per heavy atom. The number of piperidine rings is 1. The molecule has 1 atom stereocenters. The number of β-amino-alcohol motifs (C(OH)–C–C–N with tert-alkyl or cyclic N) is 1. The number of aromatic nitrogens is 1. The smallest absolute Gasteiger partial charge is 0.302 e. The molecule has 1 amide bonds. The molecular weight excluding hydrogens is 623 g/mol. The Hall–Kier alpha value is -3.20. The predicted octanol–water partition coefficient (Wildman–Crippen LogP) is 2.31. The number of carbonyl (C=O) groups excluding carboxylic acids is 2. The van der Waals surface area contributed by atoms with Gasteiger partial charge in [0.05, 0.1) is 26.6 Å². The van der Waals surface area contributed by atoms with E-state index in [-0.39, 0.29) is 47.0 Å². The van der Waals surface area contributed by atoms with Gasteiger partial charge in [0.25, 0.3) is 11.5 Å². The number of ether oxygens (including phenoxy) is 2. The van der Waals surface area contributed by atoms with Crippen molar-refractivity contribution in [2.75, 3.05) is 39.3 Å². The highest BCUT2D eigenvalue weighted by Crippen LogP contribution is 2.28. The number of carbonyl (C=O) groups is 2. The van der Waals surface area contributed by atoms with Gasteiger partial charge in [-0.25, -0.2) is 13.1 Å². The normalized spacial score (nSPS) is 15.3. The fourth-order valence-corrected chi connectivity index (χ4v) is 6.00. The third-order valence-electron chi connectivity index (χ3n) is 6.82. The van der Waals surface area contributed by atoms with E-state index in [0.717, 1.165) is 12.8 Å². The molecule has 0 bridgehead atoms. The summed E-state index contributed by atoms with van der Waals surface area (Å²) in [7, 11) is -4.01. The summed E-state index contributed by atoms with van der Waals surface area (Å²) in [4.78, 5) is 40.7. The Balaban J connectivity index is 1.30. The number of H-pyrrole nitrogens is 1. The van der Waals surface area contributed by atoms with Gasteiger partial charge in [0.15, 0.2) is 0 Å². The van der Waals surface area contributed by atoms with E-state index in [1.165, 1.54) is 31.3 Å². The van der Waals surface area contributed by atoms with E-state index < -0.39 is 33.6 Å². The largest absolute Gasteiger partial charge is 0.490 e. The number of aliphatic hydroxyl groups excluding tert-OH is 1. The molecule has 2 heterocycles. The number of aliphatic hydroxyl groups is 1. The molecule has 0 radical (unpaired) electrons. The second-order valence-electron chi connectivity index (χ2n) is 10.0. The average Bonchev–Trinajstić information content (AvgIpc) is 2.97. The van der Waals surface area contributed by atoms with Crippen molar-refractivity contribution in [3.63, 3.8) is 0 Å². The molecule has 232 valence electrons. The lowest BCUT2D eigenvalue weighted by atomic mass is 10.1. The van der Waals surface area contributed by atoms with Crippen molar-refractivity contribution in [1.29, 1.82) is 0 Å². The third-order valence-corrected chi connectivity index (χ3v) is 9.02. The number of rotatable bonds is 12. The Kier molecular flexibility index (Phi) is 11.0. The van der Waals surface area contributed by atoms with E-state index in [1.54, 1.807) is 18.2 Å². The first kappa shape index (κ1) is 32.7. The van der Waals surface area contributed by atoms with E-state index in [9.17, 15) is 27.9 Å². The monoisotopic (exact) mass is 654 g/mol. The van der Waals surface area contributed by atoms with Crippen LogP contribution in [-0.4, -0.2) is 86.8 Å². The Morgan fingerprint density at radius 2 is 1.86 bits per heavy atom. The number of nitrogens with zero attached hydrogens (tertiary/aromatic N) is 1. The fraction of sp³-hybridized carbons (Fsp3) is 0.393. The van der Waals surface area contributed by atoms with E-state index >= 15 is 0 Å². The molecule has 43 heavy (non-hydrogen) atoms. The van der Waals surface area contributed by atoms with Crippen molar-refractivity contribution >= 4 is 55.9 Å². The highest BCUT2D eigenvalue weighted by Gasteiger charge is 2.23. The van der Waals surface area contributed by atoms with Crippen LogP contribution in [0.1, 0.15) is 30.1 Å². The molecule has 0 unspecified atom stereocenters. The van der Waals surface area contributed by atoms with Gasteiger partial charge in [-0.3, -0.25) is 14.4 Å². The molecule has 1 aliphatic heterocycles. The summed E-state index contributed by atoms with van der Waals surface area (Å²) in [5, 5.41) is 14.4. The zero-order valence-corrected chi connectivity index (χ0v) is 25.6. The average molecular weight is 656 g/mol. The van der Waals surface area contributed by atoms with Crippen LogP contribution in [0.3, 0.4) is 0 Å². The Labute approximate surface area is 258 Å². The van der Waals surface area contributed by atoms with Crippen molar-refractivity contribution in [2.24, 2.45) is 0 Å². The SMILES string of the molecule is CC(=O)OCCNS(=O)(=O)c1ccc2c(C(=O)NC[C@@H](O)CN3CCC(Oc4ccc(Cl)c(Cl)c4)CC3)c[nH]c(=O)c2c1. The number of likely N-dealkylation sites (tertiary alicyclic amines) is 1. The molecule has 1 aliphatic rings. The minimum Gasteiger partial charge on any atom is -0.490 e. The van der Waals surface area contributed by atoms with Crippen molar-refractivity contribution in [2.45, 2.75) is 36.9 Å². The summed E-state index contributed by atoms with van der Waals surface area (Å²) in [5.41, 5.74) is -0.455. The Morgan fingerprint density at radius 3 is 2.56 bits per heavy atom. The first-order chi connectivity index (χ1) is 20.4. The number of nitrogens with one attached hydrogen (secondary N) is 3. The third kappa shape index (κ3) is 8.91. The summed E-state index contributed by atoms with van der Waals surface area (Å²) in [6, 6.07) is 8.96. The quantitative estimate of drug-likeness (QED) is 0.169. The van der Waals surface area contributed by atoms with Gasteiger partial charge >= 0.3 is 5.97 Å². The van der Waals surface area contributed by atoms with Crippen LogP contribution in [0.5, 0.6) is 5.75 Å². The minimum absolute atomic E-state index is 0.00187. The lowest BCUT2D eigenvalue weighted by Gasteiger charge is -2.33. The summed E-state index contributed by atoms with van der Waals surface area (Å²) < 4.78 is 38.3. The predicted molar refractivity (Wildman–Crippen MR) is 161 cm³/mol. The molecule has 15 heteroatoms. The van der Waals surface area contributed by atoms with Gasteiger partial charge < -0.3 is 29.8 Å². The standard InChI is InChI=1S/C28H32Cl2N4O8S/c1-17(35)41-11-8-33-43(39,40)21-3-4-22-23(13-21)27(37)32-15-24(22)28(38)31-14-18(36)16-34-9-6-19(7-10-34)42-20-2-5-25(29)26(30)12-20/h2-5,12-13,15,18-19,33,36H,6-11,14,16H2,1H3,(H,31,38)(H,32,37)/t18-/m1/s1. The molecule has 0 aliphatic carbocycles. The first-order valence-corrected chi connectivity index (χ1v) is 15.8. The molecule has 4 rings (SSSR count). The Bertz CT molecular complexity index is 1640. The molecule has 0 saturated carbocycles. The second kappa shape index (κ2) is 14.5. The molecule has 2 aromatic carbocycles. The van der Waals surface area contributed by atoms with Crippen molar-refractivity contribution in [1.82, 2.24) is 19.9 Å². The number of hydrogen-bond donors (Lipinski definition) is 4. The van der Waals surface area contributed by atoms with Crippen LogP contribution in [0.15, 0.2) is 52.3 Å². The molecule has 0 spiro atoms. The van der Waals surface area contributed by atoms with Crippen LogP contribution >= 0.6 is 23.2 Å². The molecule has 1 saturated heterocycles. The summed E-state index contributed by atoms with van der Waals surface area (Å²) in [6.45, 7) is 2.63. The maximum atomic E-state index is 13.0. The first-order valence-electron chi connectivity index (χ1n) is 13.5. The van der Waals surface area contributed by atoms with Gasteiger partial charge in [-0.2, -0.15) is 0 Å². The molecule has 12 nitrogen and oxygen atoms in total. The second-order valence-corrected chi connectivity index (χ2v) is 12.6. The number of esters is 1. The van der Waals surface area contributed by atoms with Crippen molar-refractivity contribution < 1.29 is 32.6 Å². The number of sulfonamides is 1. The van der Waals surface area contributed by atoms with E-state index in [2.05, 4.69) is 19.9 Å². The topological polar surface area (TPSA) is 167 Å². The van der Waals surface area contributed by atoms with Crippen molar-refractivity contribution in [3.05, 3.63) is 68.6 Å². The summed E-state index contributed by atoms with van der Waals surface area (Å²) in [6.07, 6.45) is 1.91. The highest BCUT2D eigenvalue weighted by atomic mass is 35.5. The fourth-order valence-electron chi connectivity index (χ4n) is 4.67. The van der Waals surface area contributed by atoms with Gasteiger partial charge in [0.1, 0.15) is 18.5 Å².